The summed E-state index contributed by atoms with van der Waals surface area (Å²) < 4.78 is 13.8. The van der Waals surface area contributed by atoms with E-state index in [1.165, 1.54) is 12.1 Å². The van der Waals surface area contributed by atoms with Crippen LogP contribution in [-0.4, -0.2) is 29.7 Å². The standard InChI is InChI=1S/C15H18FNO2/c1-10-3-8-13(14(16)9-10)15(19)17(2)11-4-6-12(18)7-5-11/h3,8-9,11H,4-7H2,1-2H3. The summed E-state index contributed by atoms with van der Waals surface area (Å²) in [5.41, 5.74) is 0.893. The lowest BCUT2D eigenvalue weighted by Gasteiger charge is -2.30. The number of aryl methyl sites for hydroxylation is 1. The Balaban J connectivity index is 2.12. The van der Waals surface area contributed by atoms with Crippen molar-refractivity contribution in [1.29, 1.82) is 0 Å². The first-order valence-electron chi connectivity index (χ1n) is 6.54. The number of benzene rings is 1. The second-order valence-electron chi connectivity index (χ2n) is 5.17. The SMILES string of the molecule is Cc1ccc(C(=O)N(C)C2CCC(=O)CC2)c(F)c1. The Labute approximate surface area is 112 Å². The Bertz CT molecular complexity index is 503. The molecule has 0 bridgehead atoms. The van der Waals surface area contributed by atoms with Crippen LogP contribution in [0.15, 0.2) is 18.2 Å². The first kappa shape index (κ1) is 13.7. The van der Waals surface area contributed by atoms with Crippen molar-refractivity contribution in [3.8, 4) is 0 Å². The van der Waals surface area contributed by atoms with Crippen LogP contribution in [0.2, 0.25) is 0 Å². The lowest BCUT2D eigenvalue weighted by atomic mass is 9.93. The Kier molecular flexibility index (Phi) is 3.98. The van der Waals surface area contributed by atoms with Crippen LogP contribution < -0.4 is 0 Å². The molecular formula is C15H18FNO2. The van der Waals surface area contributed by atoms with Crippen molar-refractivity contribution in [2.45, 2.75) is 38.6 Å². The highest BCUT2D eigenvalue weighted by atomic mass is 19.1. The smallest absolute Gasteiger partial charge is 0.256 e. The molecule has 1 aliphatic rings. The van der Waals surface area contributed by atoms with Gasteiger partial charge in [-0.15, -0.1) is 0 Å². The molecule has 0 radical (unpaired) electrons. The normalized spacial score (nSPS) is 16.5. The van der Waals surface area contributed by atoms with Gasteiger partial charge in [0.15, 0.2) is 0 Å². The summed E-state index contributed by atoms with van der Waals surface area (Å²) in [4.78, 5) is 25.0. The number of nitrogens with zero attached hydrogens (tertiary/aromatic N) is 1. The van der Waals surface area contributed by atoms with E-state index in [1.807, 2.05) is 0 Å². The Hall–Kier alpha value is -1.71. The predicted molar refractivity (Wildman–Crippen MR) is 70.5 cm³/mol. The number of ketones is 1. The van der Waals surface area contributed by atoms with Gasteiger partial charge < -0.3 is 4.90 Å². The van der Waals surface area contributed by atoms with Crippen LogP contribution in [0.3, 0.4) is 0 Å². The summed E-state index contributed by atoms with van der Waals surface area (Å²) in [5.74, 6) is -0.542. The summed E-state index contributed by atoms with van der Waals surface area (Å²) >= 11 is 0. The highest BCUT2D eigenvalue weighted by Crippen LogP contribution is 2.22. The third-order valence-electron chi connectivity index (χ3n) is 3.74. The van der Waals surface area contributed by atoms with Gasteiger partial charge in [-0.2, -0.15) is 0 Å². The van der Waals surface area contributed by atoms with Crippen molar-refractivity contribution in [2.24, 2.45) is 0 Å². The molecule has 0 heterocycles. The van der Waals surface area contributed by atoms with Crippen LogP contribution >= 0.6 is 0 Å². The molecule has 0 N–H and O–H groups in total. The molecule has 0 aromatic heterocycles. The van der Waals surface area contributed by atoms with E-state index in [1.54, 1.807) is 24.9 Å². The fourth-order valence-corrected chi connectivity index (χ4v) is 2.46. The zero-order valence-electron chi connectivity index (χ0n) is 11.3. The van der Waals surface area contributed by atoms with Crippen molar-refractivity contribution in [3.63, 3.8) is 0 Å². The molecule has 1 aliphatic carbocycles. The Morgan fingerprint density at radius 3 is 2.53 bits per heavy atom. The van der Waals surface area contributed by atoms with Crippen LogP contribution in [0.1, 0.15) is 41.6 Å². The molecule has 19 heavy (non-hydrogen) atoms. The maximum absolute atomic E-state index is 13.8. The zero-order valence-corrected chi connectivity index (χ0v) is 11.3. The molecule has 102 valence electrons. The van der Waals surface area contributed by atoms with Gasteiger partial charge in [0.2, 0.25) is 0 Å². The van der Waals surface area contributed by atoms with Gasteiger partial charge in [0.1, 0.15) is 11.6 Å². The van der Waals surface area contributed by atoms with Crippen LogP contribution in [0, 0.1) is 12.7 Å². The number of Topliss-reactive ketones (excluding diaryl/α,β-unsaturated/α-hetero) is 1. The molecule has 3 nitrogen and oxygen atoms in total. The van der Waals surface area contributed by atoms with E-state index < -0.39 is 5.82 Å². The first-order chi connectivity index (χ1) is 8.99. The molecule has 1 amide bonds. The number of hydrogen-bond acceptors (Lipinski definition) is 2. The van der Waals surface area contributed by atoms with Gasteiger partial charge in [-0.1, -0.05) is 6.07 Å². The van der Waals surface area contributed by atoms with Gasteiger partial charge in [0, 0.05) is 25.9 Å². The first-order valence-corrected chi connectivity index (χ1v) is 6.54. The quantitative estimate of drug-likeness (QED) is 0.822. The average Bonchev–Trinajstić information content (AvgIpc) is 2.38. The minimum atomic E-state index is -0.483. The summed E-state index contributed by atoms with van der Waals surface area (Å²) in [7, 11) is 1.68. The molecule has 1 aromatic rings. The lowest BCUT2D eigenvalue weighted by molar-refractivity contribution is -0.121. The maximum atomic E-state index is 13.8. The molecular weight excluding hydrogens is 245 g/mol. The molecule has 4 heteroatoms. The number of rotatable bonds is 2. The Morgan fingerprint density at radius 1 is 1.32 bits per heavy atom. The third kappa shape index (κ3) is 3.00. The van der Waals surface area contributed by atoms with Crippen molar-refractivity contribution < 1.29 is 14.0 Å². The highest BCUT2D eigenvalue weighted by Gasteiger charge is 2.27. The minimum absolute atomic E-state index is 0.0332. The number of carbonyl (C=O) groups is 2. The maximum Gasteiger partial charge on any atom is 0.256 e. The number of hydrogen-bond donors (Lipinski definition) is 0. The van der Waals surface area contributed by atoms with E-state index in [0.29, 0.717) is 25.7 Å². The molecule has 1 saturated carbocycles. The van der Waals surface area contributed by atoms with Crippen LogP contribution in [0.25, 0.3) is 0 Å². The van der Waals surface area contributed by atoms with E-state index in [9.17, 15) is 14.0 Å². The molecule has 0 spiro atoms. The second kappa shape index (κ2) is 5.51. The monoisotopic (exact) mass is 263 g/mol. The molecule has 2 rings (SSSR count). The largest absolute Gasteiger partial charge is 0.339 e. The van der Waals surface area contributed by atoms with Crippen LogP contribution in [0.4, 0.5) is 4.39 Å². The molecule has 0 saturated heterocycles. The third-order valence-corrected chi connectivity index (χ3v) is 3.74. The number of amides is 1. The summed E-state index contributed by atoms with van der Waals surface area (Å²) in [6.45, 7) is 1.79. The van der Waals surface area contributed by atoms with Crippen molar-refractivity contribution in [1.82, 2.24) is 4.90 Å². The van der Waals surface area contributed by atoms with Crippen molar-refractivity contribution in [2.75, 3.05) is 7.05 Å². The van der Waals surface area contributed by atoms with E-state index in [2.05, 4.69) is 0 Å². The lowest BCUT2D eigenvalue weighted by Crippen LogP contribution is -2.39. The van der Waals surface area contributed by atoms with Crippen LogP contribution in [-0.2, 0) is 4.79 Å². The number of halogens is 1. The topological polar surface area (TPSA) is 37.4 Å². The van der Waals surface area contributed by atoms with Gasteiger partial charge in [0.25, 0.3) is 5.91 Å². The zero-order chi connectivity index (χ0) is 14.0. The molecule has 0 aliphatic heterocycles. The van der Waals surface area contributed by atoms with Gasteiger partial charge in [-0.05, 0) is 37.5 Å². The van der Waals surface area contributed by atoms with Gasteiger partial charge in [-0.25, -0.2) is 4.39 Å². The van der Waals surface area contributed by atoms with E-state index in [4.69, 9.17) is 0 Å². The van der Waals surface area contributed by atoms with E-state index in [0.717, 1.165) is 5.56 Å². The molecule has 1 aromatic carbocycles. The average molecular weight is 263 g/mol. The fourth-order valence-electron chi connectivity index (χ4n) is 2.46. The predicted octanol–water partition coefficient (Wildman–Crippen LogP) is 2.72. The number of carbonyl (C=O) groups excluding carboxylic acids is 2. The van der Waals surface area contributed by atoms with Gasteiger partial charge >= 0.3 is 0 Å². The Morgan fingerprint density at radius 2 is 1.95 bits per heavy atom. The highest BCUT2D eigenvalue weighted by molar-refractivity contribution is 5.94. The van der Waals surface area contributed by atoms with E-state index >= 15 is 0 Å². The van der Waals surface area contributed by atoms with Crippen molar-refractivity contribution in [3.05, 3.63) is 35.1 Å². The van der Waals surface area contributed by atoms with Crippen molar-refractivity contribution >= 4 is 11.7 Å². The summed E-state index contributed by atoms with van der Waals surface area (Å²) in [5, 5.41) is 0. The van der Waals surface area contributed by atoms with E-state index in [-0.39, 0.29) is 23.3 Å². The molecule has 0 atom stereocenters. The van der Waals surface area contributed by atoms with Gasteiger partial charge in [-0.3, -0.25) is 9.59 Å². The summed E-state index contributed by atoms with van der Waals surface area (Å²) in [6, 6.07) is 4.66. The van der Waals surface area contributed by atoms with Crippen LogP contribution in [0.5, 0.6) is 0 Å². The fraction of sp³-hybridized carbons (Fsp3) is 0.467. The molecule has 0 unspecified atom stereocenters. The van der Waals surface area contributed by atoms with Gasteiger partial charge in [0.05, 0.1) is 5.56 Å². The second-order valence-corrected chi connectivity index (χ2v) is 5.17. The minimum Gasteiger partial charge on any atom is -0.339 e. The summed E-state index contributed by atoms with van der Waals surface area (Å²) in [6.07, 6.45) is 2.38. The molecule has 1 fully saturated rings.